The molecule has 74 valence electrons. The lowest BCUT2D eigenvalue weighted by atomic mass is 10.4. The molecule has 0 aliphatic rings. The smallest absolute Gasteiger partial charge is 0.0579 e. The fraction of sp³-hybridized carbons (Fsp3) is 0.273. The van der Waals surface area contributed by atoms with Crippen LogP contribution in [0.15, 0.2) is 28.1 Å². The van der Waals surface area contributed by atoms with E-state index in [0.717, 1.165) is 6.54 Å². The second-order valence-corrected chi connectivity index (χ2v) is 5.25. The molecule has 0 bridgehead atoms. The fourth-order valence-electron chi connectivity index (χ4n) is 1.53. The molecule has 0 aliphatic heterocycles. The summed E-state index contributed by atoms with van der Waals surface area (Å²) in [5.74, 6) is 0. The van der Waals surface area contributed by atoms with Crippen molar-refractivity contribution in [1.82, 2.24) is 4.57 Å². The first-order valence-corrected chi connectivity index (χ1v) is 6.20. The first-order valence-electron chi connectivity index (χ1n) is 4.53. The van der Waals surface area contributed by atoms with Gasteiger partial charge in [-0.1, -0.05) is 0 Å². The van der Waals surface area contributed by atoms with Crippen LogP contribution in [0, 0.1) is 13.8 Å². The molecule has 0 spiro atoms. The van der Waals surface area contributed by atoms with Crippen LogP contribution in [0.1, 0.15) is 16.3 Å². The van der Waals surface area contributed by atoms with E-state index in [2.05, 4.69) is 57.9 Å². The highest BCUT2D eigenvalue weighted by Gasteiger charge is 2.05. The number of thiophene rings is 1. The molecule has 14 heavy (non-hydrogen) atoms. The summed E-state index contributed by atoms with van der Waals surface area (Å²) in [6.07, 6.45) is 0. The summed E-state index contributed by atoms with van der Waals surface area (Å²) >= 11 is 5.36. The number of rotatable bonds is 2. The van der Waals surface area contributed by atoms with Crippen LogP contribution in [0.5, 0.6) is 0 Å². The van der Waals surface area contributed by atoms with Crippen LogP contribution < -0.4 is 0 Å². The van der Waals surface area contributed by atoms with Gasteiger partial charge in [-0.3, -0.25) is 0 Å². The van der Waals surface area contributed by atoms with Gasteiger partial charge in [0.25, 0.3) is 0 Å². The molecule has 2 heterocycles. The number of hydrogen-bond donors (Lipinski definition) is 0. The van der Waals surface area contributed by atoms with Crippen LogP contribution in [0.4, 0.5) is 0 Å². The van der Waals surface area contributed by atoms with E-state index in [1.807, 2.05) is 0 Å². The Morgan fingerprint density at radius 3 is 2.36 bits per heavy atom. The minimum absolute atomic E-state index is 0.975. The molecule has 0 saturated carbocycles. The molecule has 0 unspecified atom stereocenters. The first kappa shape index (κ1) is 9.99. The number of halogens is 1. The maximum atomic E-state index is 3.56. The van der Waals surface area contributed by atoms with E-state index in [4.69, 9.17) is 0 Å². The molecule has 0 radical (unpaired) electrons. The molecule has 2 aromatic rings. The molecule has 1 nitrogen and oxygen atoms in total. The second-order valence-electron chi connectivity index (χ2n) is 3.39. The Balaban J connectivity index is 2.31. The normalized spacial score (nSPS) is 10.8. The molecule has 2 rings (SSSR count). The summed E-state index contributed by atoms with van der Waals surface area (Å²) in [7, 11) is 0. The molecule has 0 N–H and O–H groups in total. The van der Waals surface area contributed by atoms with E-state index in [9.17, 15) is 0 Å². The average molecular weight is 270 g/mol. The minimum atomic E-state index is 0.975. The zero-order valence-electron chi connectivity index (χ0n) is 8.25. The molecular weight excluding hydrogens is 258 g/mol. The molecule has 3 heteroatoms. The highest BCUT2D eigenvalue weighted by molar-refractivity contribution is 9.10. The highest BCUT2D eigenvalue weighted by atomic mass is 79.9. The molecular formula is C11H12BrNS. The third kappa shape index (κ3) is 1.79. The Morgan fingerprint density at radius 1 is 1.21 bits per heavy atom. The van der Waals surface area contributed by atoms with E-state index >= 15 is 0 Å². The average Bonchev–Trinajstić information content (AvgIpc) is 2.67. The Bertz CT molecular complexity index is 422. The van der Waals surface area contributed by atoms with Gasteiger partial charge in [0.2, 0.25) is 0 Å². The fourth-order valence-corrected chi connectivity index (χ4v) is 3.00. The van der Waals surface area contributed by atoms with Gasteiger partial charge in [-0.25, -0.2) is 0 Å². The van der Waals surface area contributed by atoms with Gasteiger partial charge in [0.05, 0.1) is 6.54 Å². The van der Waals surface area contributed by atoms with Crippen molar-refractivity contribution >= 4 is 27.3 Å². The van der Waals surface area contributed by atoms with Crippen molar-refractivity contribution in [2.75, 3.05) is 0 Å². The number of aromatic nitrogens is 1. The number of hydrogen-bond acceptors (Lipinski definition) is 1. The SMILES string of the molecule is Cc1ccc(C)n1Cc1sccc1Br. The highest BCUT2D eigenvalue weighted by Crippen LogP contribution is 2.24. The van der Waals surface area contributed by atoms with E-state index in [-0.39, 0.29) is 0 Å². The standard InChI is InChI=1S/C11H12BrNS/c1-8-3-4-9(2)13(8)7-11-10(12)5-6-14-11/h3-6H,7H2,1-2H3. The maximum absolute atomic E-state index is 3.56. The lowest BCUT2D eigenvalue weighted by molar-refractivity contribution is 0.757. The molecule has 0 fully saturated rings. The Kier molecular flexibility index (Phi) is 2.79. The van der Waals surface area contributed by atoms with Crippen LogP contribution in [0.25, 0.3) is 0 Å². The third-order valence-corrected chi connectivity index (χ3v) is 4.32. The zero-order valence-corrected chi connectivity index (χ0v) is 10.7. The van der Waals surface area contributed by atoms with E-state index < -0.39 is 0 Å². The Morgan fingerprint density at radius 2 is 1.86 bits per heavy atom. The molecule has 0 amide bonds. The van der Waals surface area contributed by atoms with E-state index in [1.165, 1.54) is 20.7 Å². The molecule has 0 saturated heterocycles. The monoisotopic (exact) mass is 269 g/mol. The minimum Gasteiger partial charge on any atom is -0.344 e. The molecule has 0 aromatic carbocycles. The molecule has 0 atom stereocenters. The van der Waals surface area contributed by atoms with Crippen molar-refractivity contribution in [2.24, 2.45) is 0 Å². The van der Waals surface area contributed by atoms with Crippen molar-refractivity contribution in [3.05, 3.63) is 44.3 Å². The second kappa shape index (κ2) is 3.91. The van der Waals surface area contributed by atoms with Gasteiger partial charge in [0, 0.05) is 20.7 Å². The van der Waals surface area contributed by atoms with Crippen LogP contribution in [0.2, 0.25) is 0 Å². The Labute approximate surface area is 96.5 Å². The van der Waals surface area contributed by atoms with Crippen molar-refractivity contribution in [1.29, 1.82) is 0 Å². The van der Waals surface area contributed by atoms with Crippen molar-refractivity contribution in [2.45, 2.75) is 20.4 Å². The topological polar surface area (TPSA) is 4.93 Å². The van der Waals surface area contributed by atoms with Gasteiger partial charge in [0.15, 0.2) is 0 Å². The lowest BCUT2D eigenvalue weighted by Crippen LogP contribution is -2.02. The van der Waals surface area contributed by atoms with E-state index in [1.54, 1.807) is 11.3 Å². The van der Waals surface area contributed by atoms with Crippen molar-refractivity contribution in [3.8, 4) is 0 Å². The summed E-state index contributed by atoms with van der Waals surface area (Å²) in [4.78, 5) is 1.38. The summed E-state index contributed by atoms with van der Waals surface area (Å²) in [6.45, 7) is 5.27. The maximum Gasteiger partial charge on any atom is 0.0579 e. The quantitative estimate of drug-likeness (QED) is 0.778. The number of nitrogens with zero attached hydrogens (tertiary/aromatic N) is 1. The van der Waals surface area contributed by atoms with Gasteiger partial charge in [-0.05, 0) is 53.4 Å². The predicted molar refractivity (Wildman–Crippen MR) is 65.0 cm³/mol. The summed E-state index contributed by atoms with van der Waals surface area (Å²) < 4.78 is 3.55. The van der Waals surface area contributed by atoms with Crippen LogP contribution >= 0.6 is 27.3 Å². The van der Waals surface area contributed by atoms with Gasteiger partial charge in [-0.15, -0.1) is 11.3 Å². The van der Waals surface area contributed by atoms with Gasteiger partial charge < -0.3 is 4.57 Å². The Hall–Kier alpha value is -0.540. The van der Waals surface area contributed by atoms with E-state index in [0.29, 0.717) is 0 Å². The van der Waals surface area contributed by atoms with Crippen LogP contribution in [-0.4, -0.2) is 4.57 Å². The van der Waals surface area contributed by atoms with Crippen LogP contribution in [0.3, 0.4) is 0 Å². The van der Waals surface area contributed by atoms with Gasteiger partial charge in [-0.2, -0.15) is 0 Å². The third-order valence-electron chi connectivity index (χ3n) is 2.41. The zero-order chi connectivity index (χ0) is 10.1. The first-order chi connectivity index (χ1) is 6.68. The predicted octanol–water partition coefficient (Wildman–Crippen LogP) is 3.98. The lowest BCUT2D eigenvalue weighted by Gasteiger charge is -2.07. The molecule has 2 aromatic heterocycles. The van der Waals surface area contributed by atoms with Crippen molar-refractivity contribution < 1.29 is 0 Å². The summed E-state index contributed by atoms with van der Waals surface area (Å²) in [5, 5.41) is 2.12. The summed E-state index contributed by atoms with van der Waals surface area (Å²) in [6, 6.07) is 6.43. The van der Waals surface area contributed by atoms with Crippen LogP contribution in [-0.2, 0) is 6.54 Å². The largest absolute Gasteiger partial charge is 0.344 e. The number of aryl methyl sites for hydroxylation is 2. The summed E-state index contributed by atoms with van der Waals surface area (Å²) in [5.41, 5.74) is 2.64. The molecule has 0 aliphatic carbocycles. The van der Waals surface area contributed by atoms with Crippen molar-refractivity contribution in [3.63, 3.8) is 0 Å². The van der Waals surface area contributed by atoms with Gasteiger partial charge in [0.1, 0.15) is 0 Å². The van der Waals surface area contributed by atoms with Gasteiger partial charge >= 0.3 is 0 Å².